The number of carbonyl (C=O) groups excluding carboxylic acids is 1. The van der Waals surface area contributed by atoms with Gasteiger partial charge in [0.05, 0.1) is 19.2 Å². The Bertz CT molecular complexity index is 475. The van der Waals surface area contributed by atoms with Crippen LogP contribution in [0.1, 0.15) is 30.5 Å². The standard InChI is InChI=1S/C15H20N2O2/c1-12(17-15(18)8-10-19-2)14-7-3-5-13(11-14)6-4-9-16/h3,5,7,11-12H,8-10,16H2,1-2H3,(H,17,18). The summed E-state index contributed by atoms with van der Waals surface area (Å²) in [5, 5.41) is 2.92. The quantitative estimate of drug-likeness (QED) is 0.782. The van der Waals surface area contributed by atoms with Gasteiger partial charge in [-0.15, -0.1) is 0 Å². The number of carbonyl (C=O) groups is 1. The molecule has 102 valence electrons. The number of rotatable bonds is 5. The highest BCUT2D eigenvalue weighted by atomic mass is 16.5. The molecule has 4 nitrogen and oxygen atoms in total. The Morgan fingerprint density at radius 1 is 1.53 bits per heavy atom. The highest BCUT2D eigenvalue weighted by Gasteiger charge is 2.09. The number of hydrogen-bond donors (Lipinski definition) is 2. The number of hydrogen-bond acceptors (Lipinski definition) is 3. The fourth-order valence-corrected chi connectivity index (χ4v) is 1.63. The van der Waals surface area contributed by atoms with Gasteiger partial charge in [-0.2, -0.15) is 0 Å². The molecule has 0 bridgehead atoms. The average Bonchev–Trinajstić information content (AvgIpc) is 2.43. The van der Waals surface area contributed by atoms with E-state index in [1.165, 1.54) is 0 Å². The third-order valence-corrected chi connectivity index (χ3v) is 2.63. The lowest BCUT2D eigenvalue weighted by Gasteiger charge is -2.14. The second-order valence-corrected chi connectivity index (χ2v) is 4.16. The van der Waals surface area contributed by atoms with E-state index in [-0.39, 0.29) is 11.9 Å². The second kappa shape index (κ2) is 8.30. The minimum absolute atomic E-state index is 0.0206. The van der Waals surface area contributed by atoms with Crippen molar-refractivity contribution in [2.24, 2.45) is 5.73 Å². The number of ether oxygens (including phenoxy) is 1. The van der Waals surface area contributed by atoms with Gasteiger partial charge in [-0.05, 0) is 24.6 Å². The topological polar surface area (TPSA) is 64.3 Å². The van der Waals surface area contributed by atoms with Crippen LogP contribution >= 0.6 is 0 Å². The van der Waals surface area contributed by atoms with E-state index in [0.717, 1.165) is 11.1 Å². The average molecular weight is 260 g/mol. The summed E-state index contributed by atoms with van der Waals surface area (Å²) in [6.07, 6.45) is 0.369. The molecule has 1 aromatic carbocycles. The normalized spacial score (nSPS) is 11.3. The van der Waals surface area contributed by atoms with E-state index in [9.17, 15) is 4.79 Å². The molecule has 0 spiro atoms. The van der Waals surface area contributed by atoms with Gasteiger partial charge in [0, 0.05) is 19.1 Å². The molecule has 4 heteroatoms. The maximum atomic E-state index is 11.6. The first-order chi connectivity index (χ1) is 9.17. The molecular formula is C15H20N2O2. The van der Waals surface area contributed by atoms with E-state index in [0.29, 0.717) is 19.6 Å². The smallest absolute Gasteiger partial charge is 0.222 e. The van der Waals surface area contributed by atoms with E-state index in [1.807, 2.05) is 31.2 Å². The minimum atomic E-state index is -0.0519. The summed E-state index contributed by atoms with van der Waals surface area (Å²) in [5.74, 6) is 5.77. The zero-order valence-corrected chi connectivity index (χ0v) is 11.4. The molecule has 0 radical (unpaired) electrons. The van der Waals surface area contributed by atoms with E-state index in [2.05, 4.69) is 17.2 Å². The lowest BCUT2D eigenvalue weighted by Crippen LogP contribution is -2.27. The van der Waals surface area contributed by atoms with Gasteiger partial charge in [0.25, 0.3) is 0 Å². The summed E-state index contributed by atoms with van der Waals surface area (Å²) >= 11 is 0. The number of nitrogens with two attached hydrogens (primary N) is 1. The second-order valence-electron chi connectivity index (χ2n) is 4.16. The first-order valence-electron chi connectivity index (χ1n) is 6.24. The number of benzene rings is 1. The number of amides is 1. The molecule has 0 heterocycles. The molecule has 0 saturated heterocycles. The molecule has 0 aromatic heterocycles. The van der Waals surface area contributed by atoms with E-state index >= 15 is 0 Å². The fourth-order valence-electron chi connectivity index (χ4n) is 1.63. The van der Waals surface area contributed by atoms with Crippen molar-refractivity contribution < 1.29 is 9.53 Å². The van der Waals surface area contributed by atoms with Crippen LogP contribution in [0, 0.1) is 11.8 Å². The van der Waals surface area contributed by atoms with Crippen LogP contribution in [0.25, 0.3) is 0 Å². The summed E-state index contributed by atoms with van der Waals surface area (Å²) in [6.45, 7) is 2.72. The molecule has 0 aliphatic heterocycles. The predicted octanol–water partition coefficient (Wildman–Crippen LogP) is 1.21. The molecule has 1 rings (SSSR count). The number of nitrogens with one attached hydrogen (secondary N) is 1. The van der Waals surface area contributed by atoms with E-state index in [4.69, 9.17) is 10.5 Å². The SMILES string of the molecule is COCCC(=O)NC(C)c1cccc(C#CCN)c1. The van der Waals surface area contributed by atoms with Gasteiger partial charge in [-0.1, -0.05) is 24.0 Å². The monoisotopic (exact) mass is 260 g/mol. The predicted molar refractivity (Wildman–Crippen MR) is 75.4 cm³/mol. The molecule has 3 N–H and O–H groups in total. The van der Waals surface area contributed by atoms with Gasteiger partial charge >= 0.3 is 0 Å². The van der Waals surface area contributed by atoms with Crippen molar-refractivity contribution >= 4 is 5.91 Å². The Hall–Kier alpha value is -1.83. The van der Waals surface area contributed by atoms with Crippen molar-refractivity contribution in [2.75, 3.05) is 20.3 Å². The Labute approximate surface area is 114 Å². The van der Waals surface area contributed by atoms with E-state index in [1.54, 1.807) is 7.11 Å². The lowest BCUT2D eigenvalue weighted by atomic mass is 10.1. The van der Waals surface area contributed by atoms with Gasteiger partial charge in [-0.25, -0.2) is 0 Å². The van der Waals surface area contributed by atoms with Crippen LogP contribution in [-0.4, -0.2) is 26.2 Å². The largest absolute Gasteiger partial charge is 0.384 e. The highest BCUT2D eigenvalue weighted by molar-refractivity contribution is 5.76. The highest BCUT2D eigenvalue weighted by Crippen LogP contribution is 2.13. The summed E-state index contributed by atoms with van der Waals surface area (Å²) in [6, 6.07) is 7.72. The van der Waals surface area contributed by atoms with E-state index < -0.39 is 0 Å². The molecule has 1 unspecified atom stereocenters. The van der Waals surface area contributed by atoms with Gasteiger partial charge in [-0.3, -0.25) is 4.79 Å². The maximum Gasteiger partial charge on any atom is 0.222 e. The number of methoxy groups -OCH3 is 1. The van der Waals surface area contributed by atoms with Crippen LogP contribution < -0.4 is 11.1 Å². The van der Waals surface area contributed by atoms with Crippen LogP contribution in [0.2, 0.25) is 0 Å². The van der Waals surface area contributed by atoms with Crippen LogP contribution in [0.4, 0.5) is 0 Å². The minimum Gasteiger partial charge on any atom is -0.384 e. The van der Waals surface area contributed by atoms with Crippen molar-refractivity contribution in [3.05, 3.63) is 35.4 Å². The van der Waals surface area contributed by atoms with Gasteiger partial charge < -0.3 is 15.8 Å². The first-order valence-corrected chi connectivity index (χ1v) is 6.24. The summed E-state index contributed by atoms with van der Waals surface area (Å²) in [7, 11) is 1.58. The zero-order valence-electron chi connectivity index (χ0n) is 11.4. The van der Waals surface area contributed by atoms with Crippen LogP contribution in [0.15, 0.2) is 24.3 Å². The molecule has 1 aromatic rings. The third kappa shape index (κ3) is 5.56. The molecular weight excluding hydrogens is 240 g/mol. The van der Waals surface area contributed by atoms with Crippen molar-refractivity contribution in [1.82, 2.24) is 5.32 Å². The molecule has 0 saturated carbocycles. The summed E-state index contributed by atoms with van der Waals surface area (Å²) in [5.41, 5.74) is 7.27. The van der Waals surface area contributed by atoms with Crippen molar-refractivity contribution in [1.29, 1.82) is 0 Å². The Morgan fingerprint density at radius 2 is 2.32 bits per heavy atom. The Balaban J connectivity index is 2.66. The molecule has 1 amide bonds. The molecule has 1 atom stereocenters. The van der Waals surface area contributed by atoms with Crippen LogP contribution in [0.3, 0.4) is 0 Å². The van der Waals surface area contributed by atoms with Gasteiger partial charge in [0.1, 0.15) is 0 Å². The molecule has 0 fully saturated rings. The van der Waals surface area contributed by atoms with Crippen LogP contribution in [0.5, 0.6) is 0 Å². The summed E-state index contributed by atoms with van der Waals surface area (Å²) < 4.78 is 4.87. The van der Waals surface area contributed by atoms with Gasteiger partial charge in [0.2, 0.25) is 5.91 Å². The lowest BCUT2D eigenvalue weighted by molar-refractivity contribution is -0.122. The van der Waals surface area contributed by atoms with Gasteiger partial charge in [0.15, 0.2) is 0 Å². The third-order valence-electron chi connectivity index (χ3n) is 2.63. The maximum absolute atomic E-state index is 11.6. The first kappa shape index (κ1) is 15.2. The molecule has 0 aliphatic rings. The fraction of sp³-hybridized carbons (Fsp3) is 0.400. The van der Waals surface area contributed by atoms with Crippen molar-refractivity contribution in [3.63, 3.8) is 0 Å². The summed E-state index contributed by atoms with van der Waals surface area (Å²) in [4.78, 5) is 11.6. The van der Waals surface area contributed by atoms with Crippen molar-refractivity contribution in [3.8, 4) is 11.8 Å². The van der Waals surface area contributed by atoms with Crippen LogP contribution in [-0.2, 0) is 9.53 Å². The molecule has 19 heavy (non-hydrogen) atoms. The zero-order chi connectivity index (χ0) is 14.1. The Kier molecular flexibility index (Phi) is 6.65. The molecule has 0 aliphatic carbocycles. The van der Waals surface area contributed by atoms with Crippen molar-refractivity contribution in [2.45, 2.75) is 19.4 Å². The Morgan fingerprint density at radius 3 is 3.00 bits per heavy atom.